The zero-order valence-electron chi connectivity index (χ0n) is 14.2. The lowest BCUT2D eigenvalue weighted by molar-refractivity contribution is 0.102. The first kappa shape index (κ1) is 16.8. The van der Waals surface area contributed by atoms with Crippen molar-refractivity contribution < 1.29 is 19.1 Å². The van der Waals surface area contributed by atoms with Gasteiger partial charge < -0.3 is 14.8 Å². The van der Waals surface area contributed by atoms with Gasteiger partial charge in [0.25, 0.3) is 5.91 Å². The average molecular weight is 340 g/mol. The Morgan fingerprint density at radius 2 is 1.92 bits per heavy atom. The van der Waals surface area contributed by atoms with Gasteiger partial charge in [0, 0.05) is 12.2 Å². The molecule has 0 aromatic heterocycles. The van der Waals surface area contributed by atoms with E-state index in [1.807, 2.05) is 18.2 Å². The summed E-state index contributed by atoms with van der Waals surface area (Å²) in [6.45, 7) is 0.632. The molecule has 6 nitrogen and oxygen atoms in total. The van der Waals surface area contributed by atoms with Gasteiger partial charge in [-0.05, 0) is 48.7 Å². The molecule has 1 heterocycles. The number of aryl methyl sites for hydroxylation is 1. The van der Waals surface area contributed by atoms with Crippen LogP contribution in [0.15, 0.2) is 42.5 Å². The van der Waals surface area contributed by atoms with E-state index in [1.54, 1.807) is 29.2 Å². The summed E-state index contributed by atoms with van der Waals surface area (Å²) < 4.78 is 10.1. The van der Waals surface area contributed by atoms with Gasteiger partial charge in [0.05, 0.1) is 25.5 Å². The number of carbonyl (C=O) groups is 2. The summed E-state index contributed by atoms with van der Waals surface area (Å²) in [7, 11) is 2.91. The number of hydrogen-bond acceptors (Lipinski definition) is 4. The molecule has 0 radical (unpaired) electrons. The fourth-order valence-corrected chi connectivity index (χ4v) is 3.01. The highest BCUT2D eigenvalue weighted by Gasteiger charge is 2.23. The molecule has 1 N–H and O–H groups in total. The van der Waals surface area contributed by atoms with Crippen molar-refractivity contribution in [3.05, 3.63) is 53.6 Å². The number of anilines is 2. The Kier molecular flexibility index (Phi) is 4.88. The Morgan fingerprint density at radius 1 is 1.12 bits per heavy atom. The van der Waals surface area contributed by atoms with Crippen LogP contribution in [0.2, 0.25) is 0 Å². The number of fused-ring (bicyclic) bond motifs is 1. The maximum atomic E-state index is 12.5. The lowest BCUT2D eigenvalue weighted by Crippen LogP contribution is -2.35. The number of rotatable bonds is 3. The summed E-state index contributed by atoms with van der Waals surface area (Å²) in [5.41, 5.74) is 2.99. The van der Waals surface area contributed by atoms with Gasteiger partial charge in [-0.3, -0.25) is 9.69 Å². The SMILES string of the molecule is COC(=O)N1CCCc2cc(NC(=O)c3ccccc3OC)ccc21. The number of hydrogen-bond donors (Lipinski definition) is 1. The number of methoxy groups -OCH3 is 2. The number of ether oxygens (including phenoxy) is 2. The molecular weight excluding hydrogens is 320 g/mol. The van der Waals surface area contributed by atoms with E-state index >= 15 is 0 Å². The highest BCUT2D eigenvalue weighted by molar-refractivity contribution is 6.06. The van der Waals surface area contributed by atoms with Crippen molar-refractivity contribution in [1.82, 2.24) is 0 Å². The number of para-hydroxylation sites is 1. The highest BCUT2D eigenvalue weighted by atomic mass is 16.5. The summed E-state index contributed by atoms with van der Waals surface area (Å²) in [5, 5.41) is 2.89. The summed E-state index contributed by atoms with van der Waals surface area (Å²) >= 11 is 0. The summed E-state index contributed by atoms with van der Waals surface area (Å²) in [6.07, 6.45) is 1.33. The van der Waals surface area contributed by atoms with Crippen molar-refractivity contribution in [3.8, 4) is 5.75 Å². The smallest absolute Gasteiger partial charge is 0.414 e. The molecule has 0 fully saturated rings. The normalized spacial score (nSPS) is 13.0. The second-order valence-corrected chi connectivity index (χ2v) is 5.72. The summed E-state index contributed by atoms with van der Waals surface area (Å²) in [6, 6.07) is 12.6. The molecule has 0 unspecified atom stereocenters. The fourth-order valence-electron chi connectivity index (χ4n) is 3.01. The monoisotopic (exact) mass is 340 g/mol. The summed E-state index contributed by atoms with van der Waals surface area (Å²) in [5.74, 6) is 0.285. The molecule has 2 aromatic rings. The molecule has 1 aliphatic rings. The van der Waals surface area contributed by atoms with Gasteiger partial charge in [-0.15, -0.1) is 0 Å². The third kappa shape index (κ3) is 3.42. The Balaban J connectivity index is 1.83. The van der Waals surface area contributed by atoms with E-state index in [2.05, 4.69) is 5.32 Å². The Labute approximate surface area is 146 Å². The molecule has 0 saturated carbocycles. The minimum Gasteiger partial charge on any atom is -0.496 e. The Bertz CT molecular complexity index is 804. The number of amides is 2. The van der Waals surface area contributed by atoms with Crippen LogP contribution in [0.25, 0.3) is 0 Å². The van der Waals surface area contributed by atoms with Crippen LogP contribution in [0.1, 0.15) is 22.3 Å². The standard InChI is InChI=1S/C19H20N2O4/c1-24-17-8-4-3-7-15(17)18(22)20-14-9-10-16-13(12-14)6-5-11-21(16)19(23)25-2/h3-4,7-10,12H,5-6,11H2,1-2H3,(H,20,22). The van der Waals surface area contributed by atoms with Crippen LogP contribution in [0.5, 0.6) is 5.75 Å². The van der Waals surface area contributed by atoms with E-state index in [0.29, 0.717) is 23.5 Å². The van der Waals surface area contributed by atoms with Gasteiger partial charge in [0.1, 0.15) is 5.75 Å². The molecule has 130 valence electrons. The first-order chi connectivity index (χ1) is 12.1. The van der Waals surface area contributed by atoms with Crippen LogP contribution >= 0.6 is 0 Å². The largest absolute Gasteiger partial charge is 0.496 e. The predicted octanol–water partition coefficient (Wildman–Crippen LogP) is 3.47. The molecule has 1 aliphatic heterocycles. The zero-order chi connectivity index (χ0) is 17.8. The summed E-state index contributed by atoms with van der Waals surface area (Å²) in [4.78, 5) is 26.0. The molecule has 6 heteroatoms. The van der Waals surface area contributed by atoms with Crippen molar-refractivity contribution in [1.29, 1.82) is 0 Å². The quantitative estimate of drug-likeness (QED) is 0.929. The molecule has 25 heavy (non-hydrogen) atoms. The number of carbonyl (C=O) groups excluding carboxylic acids is 2. The molecule has 0 spiro atoms. The number of benzene rings is 2. The zero-order valence-corrected chi connectivity index (χ0v) is 14.2. The lowest BCUT2D eigenvalue weighted by Gasteiger charge is -2.28. The molecule has 2 amide bonds. The first-order valence-electron chi connectivity index (χ1n) is 8.07. The van der Waals surface area contributed by atoms with Gasteiger partial charge in [-0.25, -0.2) is 4.79 Å². The van der Waals surface area contributed by atoms with Crippen LogP contribution in [-0.2, 0) is 11.2 Å². The van der Waals surface area contributed by atoms with E-state index in [9.17, 15) is 9.59 Å². The minimum absolute atomic E-state index is 0.238. The molecular formula is C19H20N2O4. The second-order valence-electron chi connectivity index (χ2n) is 5.72. The third-order valence-electron chi connectivity index (χ3n) is 4.20. The van der Waals surface area contributed by atoms with Crippen LogP contribution in [0.3, 0.4) is 0 Å². The van der Waals surface area contributed by atoms with Crippen molar-refractivity contribution in [2.45, 2.75) is 12.8 Å². The third-order valence-corrected chi connectivity index (χ3v) is 4.20. The predicted molar refractivity (Wildman–Crippen MR) is 95.5 cm³/mol. The maximum absolute atomic E-state index is 12.5. The van der Waals surface area contributed by atoms with E-state index in [4.69, 9.17) is 9.47 Å². The average Bonchev–Trinajstić information content (AvgIpc) is 2.66. The van der Waals surface area contributed by atoms with E-state index in [-0.39, 0.29) is 12.0 Å². The Morgan fingerprint density at radius 3 is 2.68 bits per heavy atom. The molecule has 3 rings (SSSR count). The highest BCUT2D eigenvalue weighted by Crippen LogP contribution is 2.30. The molecule has 0 saturated heterocycles. The first-order valence-corrected chi connectivity index (χ1v) is 8.07. The molecule has 0 aliphatic carbocycles. The van der Waals surface area contributed by atoms with Crippen LogP contribution in [0, 0.1) is 0 Å². The van der Waals surface area contributed by atoms with Crippen molar-refractivity contribution in [3.63, 3.8) is 0 Å². The molecule has 0 atom stereocenters. The number of nitrogens with zero attached hydrogens (tertiary/aromatic N) is 1. The van der Waals surface area contributed by atoms with Crippen LogP contribution in [0.4, 0.5) is 16.2 Å². The Hall–Kier alpha value is -3.02. The van der Waals surface area contributed by atoms with Crippen LogP contribution < -0.4 is 15.0 Å². The maximum Gasteiger partial charge on any atom is 0.414 e. The van der Waals surface area contributed by atoms with Gasteiger partial charge >= 0.3 is 6.09 Å². The van der Waals surface area contributed by atoms with Crippen molar-refractivity contribution in [2.75, 3.05) is 31.0 Å². The van der Waals surface area contributed by atoms with E-state index < -0.39 is 0 Å². The van der Waals surface area contributed by atoms with Crippen molar-refractivity contribution >= 4 is 23.4 Å². The van der Waals surface area contributed by atoms with Gasteiger partial charge in [0.2, 0.25) is 0 Å². The van der Waals surface area contributed by atoms with Gasteiger partial charge in [-0.1, -0.05) is 12.1 Å². The van der Waals surface area contributed by atoms with Gasteiger partial charge in [-0.2, -0.15) is 0 Å². The van der Waals surface area contributed by atoms with Crippen molar-refractivity contribution in [2.24, 2.45) is 0 Å². The fraction of sp³-hybridized carbons (Fsp3) is 0.263. The molecule has 2 aromatic carbocycles. The lowest BCUT2D eigenvalue weighted by atomic mass is 10.0. The van der Waals surface area contributed by atoms with Crippen LogP contribution in [-0.4, -0.2) is 32.8 Å². The van der Waals surface area contributed by atoms with E-state index in [1.165, 1.54) is 14.2 Å². The number of nitrogens with one attached hydrogen (secondary N) is 1. The minimum atomic E-state index is -0.369. The topological polar surface area (TPSA) is 67.9 Å². The molecule has 0 bridgehead atoms. The van der Waals surface area contributed by atoms with Gasteiger partial charge in [0.15, 0.2) is 0 Å². The van der Waals surface area contributed by atoms with E-state index in [0.717, 1.165) is 24.1 Å². The second kappa shape index (κ2) is 7.25.